The maximum atomic E-state index is 11.6. The van der Waals surface area contributed by atoms with Crippen LogP contribution in [-0.4, -0.2) is 24.4 Å². The normalized spacial score (nSPS) is 14.0. The van der Waals surface area contributed by atoms with Crippen LogP contribution in [0.2, 0.25) is 0 Å². The number of benzene rings is 1. The van der Waals surface area contributed by atoms with Gasteiger partial charge in [0.1, 0.15) is 0 Å². The Labute approximate surface area is 116 Å². The molecule has 0 spiro atoms. The van der Waals surface area contributed by atoms with Gasteiger partial charge in [0, 0.05) is 5.56 Å². The van der Waals surface area contributed by atoms with E-state index in [2.05, 4.69) is 10.9 Å². The highest BCUT2D eigenvalue weighted by Gasteiger charge is 2.27. The molecule has 1 aromatic rings. The molecule has 2 rings (SSSR count). The highest BCUT2D eigenvalue weighted by atomic mass is 16.5. The lowest BCUT2D eigenvalue weighted by Crippen LogP contribution is -2.44. The van der Waals surface area contributed by atoms with Crippen molar-refractivity contribution in [3.05, 3.63) is 35.9 Å². The Morgan fingerprint density at radius 1 is 1.10 bits per heavy atom. The number of carbonyl (C=O) groups excluding carboxylic acids is 3. The summed E-state index contributed by atoms with van der Waals surface area (Å²) in [6, 6.07) is 8.47. The molecule has 6 heteroatoms. The van der Waals surface area contributed by atoms with Crippen molar-refractivity contribution in [3.8, 4) is 0 Å². The van der Waals surface area contributed by atoms with Gasteiger partial charge < -0.3 is 4.74 Å². The van der Waals surface area contributed by atoms with E-state index in [1.54, 1.807) is 30.3 Å². The number of amides is 2. The van der Waals surface area contributed by atoms with E-state index in [4.69, 9.17) is 4.74 Å². The quantitative estimate of drug-likeness (QED) is 0.629. The standard InChI is InChI=1S/C14H16N2O4/c17-12(9-20-14(19)11-7-4-8-11)15-16-13(18)10-5-2-1-3-6-10/h1-3,5-6,11H,4,7-9H2,(H,15,17)(H,16,18). The van der Waals surface area contributed by atoms with Crippen molar-refractivity contribution in [2.24, 2.45) is 5.92 Å². The van der Waals surface area contributed by atoms with Gasteiger partial charge in [0.25, 0.3) is 11.8 Å². The fraction of sp³-hybridized carbons (Fsp3) is 0.357. The van der Waals surface area contributed by atoms with Crippen molar-refractivity contribution in [1.82, 2.24) is 10.9 Å². The molecule has 1 aliphatic carbocycles. The summed E-state index contributed by atoms with van der Waals surface area (Å²) in [6.07, 6.45) is 2.68. The zero-order valence-corrected chi connectivity index (χ0v) is 10.9. The first-order chi connectivity index (χ1) is 9.66. The fourth-order valence-electron chi connectivity index (χ4n) is 1.72. The van der Waals surface area contributed by atoms with Gasteiger partial charge in [-0.25, -0.2) is 0 Å². The van der Waals surface area contributed by atoms with Gasteiger partial charge >= 0.3 is 5.97 Å². The lowest BCUT2D eigenvalue weighted by atomic mass is 9.86. The second-order valence-corrected chi connectivity index (χ2v) is 4.60. The predicted molar refractivity (Wildman–Crippen MR) is 70.4 cm³/mol. The van der Waals surface area contributed by atoms with Crippen LogP contribution in [0.3, 0.4) is 0 Å². The predicted octanol–water partition coefficient (Wildman–Crippen LogP) is 0.791. The van der Waals surface area contributed by atoms with Crippen molar-refractivity contribution in [3.63, 3.8) is 0 Å². The van der Waals surface area contributed by atoms with Gasteiger partial charge in [-0.05, 0) is 25.0 Å². The number of nitrogens with one attached hydrogen (secondary N) is 2. The Bertz CT molecular complexity index is 497. The van der Waals surface area contributed by atoms with Crippen molar-refractivity contribution in [2.45, 2.75) is 19.3 Å². The van der Waals surface area contributed by atoms with Gasteiger partial charge in [-0.2, -0.15) is 0 Å². The summed E-state index contributed by atoms with van der Waals surface area (Å²) in [6.45, 7) is -0.385. The highest BCUT2D eigenvalue weighted by Crippen LogP contribution is 2.27. The molecule has 106 valence electrons. The number of hydrazine groups is 1. The molecule has 2 amide bonds. The lowest BCUT2D eigenvalue weighted by Gasteiger charge is -2.22. The summed E-state index contributed by atoms with van der Waals surface area (Å²) >= 11 is 0. The van der Waals surface area contributed by atoms with Crippen LogP contribution in [0, 0.1) is 5.92 Å². The van der Waals surface area contributed by atoms with Crippen molar-refractivity contribution >= 4 is 17.8 Å². The van der Waals surface area contributed by atoms with Crippen molar-refractivity contribution in [2.75, 3.05) is 6.61 Å². The van der Waals surface area contributed by atoms with Crippen LogP contribution in [0.25, 0.3) is 0 Å². The molecule has 1 aliphatic rings. The van der Waals surface area contributed by atoms with E-state index in [9.17, 15) is 14.4 Å². The number of ether oxygens (including phenoxy) is 1. The van der Waals surface area contributed by atoms with E-state index in [-0.39, 0.29) is 18.5 Å². The van der Waals surface area contributed by atoms with E-state index in [0.717, 1.165) is 19.3 Å². The van der Waals surface area contributed by atoms with Gasteiger partial charge in [-0.1, -0.05) is 24.6 Å². The molecule has 0 saturated heterocycles. The van der Waals surface area contributed by atoms with Gasteiger partial charge in [-0.15, -0.1) is 0 Å². The number of rotatable bonds is 4. The zero-order valence-electron chi connectivity index (χ0n) is 10.9. The number of hydrogen-bond donors (Lipinski definition) is 2. The second kappa shape index (κ2) is 6.70. The lowest BCUT2D eigenvalue weighted by molar-refractivity contribution is -0.155. The number of hydrogen-bond acceptors (Lipinski definition) is 4. The van der Waals surface area contributed by atoms with E-state index < -0.39 is 11.8 Å². The van der Waals surface area contributed by atoms with E-state index in [0.29, 0.717) is 5.56 Å². The van der Waals surface area contributed by atoms with Crippen LogP contribution in [-0.2, 0) is 14.3 Å². The molecular formula is C14H16N2O4. The highest BCUT2D eigenvalue weighted by molar-refractivity contribution is 5.95. The Balaban J connectivity index is 1.67. The van der Waals surface area contributed by atoms with Crippen molar-refractivity contribution in [1.29, 1.82) is 0 Å². The molecule has 0 bridgehead atoms. The SMILES string of the molecule is O=C(COC(=O)C1CCC1)NNC(=O)c1ccccc1. The molecule has 0 radical (unpaired) electrons. The minimum atomic E-state index is -0.568. The summed E-state index contributed by atoms with van der Waals surface area (Å²) in [5, 5.41) is 0. The van der Waals surface area contributed by atoms with Crippen LogP contribution in [0.15, 0.2) is 30.3 Å². The minimum absolute atomic E-state index is 0.0679. The van der Waals surface area contributed by atoms with Gasteiger partial charge in [0.2, 0.25) is 0 Å². The molecule has 0 aromatic heterocycles. The molecule has 0 aliphatic heterocycles. The molecule has 1 fully saturated rings. The van der Waals surface area contributed by atoms with Crippen LogP contribution in [0.1, 0.15) is 29.6 Å². The maximum Gasteiger partial charge on any atom is 0.309 e. The summed E-state index contributed by atoms with van der Waals surface area (Å²) in [7, 11) is 0. The Morgan fingerprint density at radius 3 is 2.40 bits per heavy atom. The van der Waals surface area contributed by atoms with Crippen LogP contribution in [0.4, 0.5) is 0 Å². The third-order valence-corrected chi connectivity index (χ3v) is 3.14. The Morgan fingerprint density at radius 2 is 1.80 bits per heavy atom. The third-order valence-electron chi connectivity index (χ3n) is 3.14. The summed E-state index contributed by atoms with van der Waals surface area (Å²) < 4.78 is 4.84. The Kier molecular flexibility index (Phi) is 4.70. The summed E-state index contributed by atoms with van der Waals surface area (Å²) in [4.78, 5) is 34.4. The first kappa shape index (κ1) is 14.0. The van der Waals surface area contributed by atoms with E-state index in [1.165, 1.54) is 0 Å². The first-order valence-electron chi connectivity index (χ1n) is 6.47. The summed E-state index contributed by atoms with van der Waals surface area (Å²) in [5.41, 5.74) is 4.88. The molecule has 0 atom stereocenters. The molecule has 2 N–H and O–H groups in total. The Hall–Kier alpha value is -2.37. The molecule has 1 aromatic carbocycles. The summed E-state index contributed by atoms with van der Waals surface area (Å²) in [5.74, 6) is -1.41. The number of carbonyl (C=O) groups is 3. The van der Waals surface area contributed by atoms with E-state index in [1.807, 2.05) is 0 Å². The first-order valence-corrected chi connectivity index (χ1v) is 6.47. The zero-order chi connectivity index (χ0) is 14.4. The molecule has 1 saturated carbocycles. The minimum Gasteiger partial charge on any atom is -0.455 e. The average Bonchev–Trinajstić information content (AvgIpc) is 2.41. The van der Waals surface area contributed by atoms with Gasteiger partial charge in [-0.3, -0.25) is 25.2 Å². The molecular weight excluding hydrogens is 260 g/mol. The maximum absolute atomic E-state index is 11.6. The van der Waals surface area contributed by atoms with Gasteiger partial charge in [0.15, 0.2) is 6.61 Å². The van der Waals surface area contributed by atoms with E-state index >= 15 is 0 Å². The van der Waals surface area contributed by atoms with Crippen LogP contribution >= 0.6 is 0 Å². The largest absolute Gasteiger partial charge is 0.455 e. The molecule has 20 heavy (non-hydrogen) atoms. The van der Waals surface area contributed by atoms with Crippen LogP contribution < -0.4 is 10.9 Å². The van der Waals surface area contributed by atoms with Crippen molar-refractivity contribution < 1.29 is 19.1 Å². The molecule has 0 unspecified atom stereocenters. The second-order valence-electron chi connectivity index (χ2n) is 4.60. The number of esters is 1. The fourth-order valence-corrected chi connectivity index (χ4v) is 1.72. The average molecular weight is 276 g/mol. The topological polar surface area (TPSA) is 84.5 Å². The molecule has 0 heterocycles. The third kappa shape index (κ3) is 3.81. The van der Waals surface area contributed by atoms with Gasteiger partial charge in [0.05, 0.1) is 5.92 Å². The monoisotopic (exact) mass is 276 g/mol. The smallest absolute Gasteiger partial charge is 0.309 e. The molecule has 6 nitrogen and oxygen atoms in total. The van der Waals surface area contributed by atoms with Crippen LogP contribution in [0.5, 0.6) is 0 Å².